The van der Waals surface area contributed by atoms with Crippen LogP contribution in [0.1, 0.15) is 15.9 Å². The van der Waals surface area contributed by atoms with Crippen LogP contribution >= 0.6 is 11.6 Å². The number of hydrogen-bond acceptors (Lipinski definition) is 4. The van der Waals surface area contributed by atoms with Crippen LogP contribution in [0.25, 0.3) is 11.3 Å². The number of carboxylic acids is 1. The molecule has 1 N–H and O–H groups in total. The average molecular weight is 268 g/mol. The Morgan fingerprint density at radius 1 is 1.50 bits per heavy atom. The number of carboxylic acid groups (broad SMARTS) is 1. The highest BCUT2D eigenvalue weighted by Gasteiger charge is 2.19. The van der Waals surface area contributed by atoms with Gasteiger partial charge in [-0.3, -0.25) is 0 Å². The van der Waals surface area contributed by atoms with Crippen LogP contribution in [-0.2, 0) is 0 Å². The quantitative estimate of drug-likeness (QED) is 0.925. The minimum Gasteiger partial charge on any atom is -0.495 e. The van der Waals surface area contributed by atoms with Crippen LogP contribution in [0.4, 0.5) is 0 Å². The fourth-order valence-corrected chi connectivity index (χ4v) is 1.88. The zero-order valence-electron chi connectivity index (χ0n) is 9.73. The van der Waals surface area contributed by atoms with Crippen LogP contribution in [0.3, 0.4) is 0 Å². The van der Waals surface area contributed by atoms with E-state index in [2.05, 4.69) is 5.16 Å². The first-order valence-corrected chi connectivity index (χ1v) is 5.45. The fraction of sp³-hybridized carbons (Fsp3) is 0.167. The molecule has 0 atom stereocenters. The number of benzene rings is 1. The van der Waals surface area contributed by atoms with Crippen molar-refractivity contribution < 1.29 is 19.2 Å². The van der Waals surface area contributed by atoms with Crippen molar-refractivity contribution in [2.45, 2.75) is 6.92 Å². The standard InChI is InChI=1S/C12H10ClNO4/c1-6-3-10(17-2)9(13)4-7(6)11-8(12(15)16)5-14-18-11/h3-5H,1-2H3,(H,15,16). The molecule has 0 aliphatic heterocycles. The van der Waals surface area contributed by atoms with Crippen molar-refractivity contribution in [2.75, 3.05) is 7.11 Å². The molecule has 94 valence electrons. The molecule has 18 heavy (non-hydrogen) atoms. The molecule has 1 aromatic heterocycles. The number of hydrogen-bond donors (Lipinski definition) is 1. The number of aryl methyl sites for hydroxylation is 1. The molecule has 0 aliphatic rings. The van der Waals surface area contributed by atoms with Crippen LogP contribution in [0.5, 0.6) is 5.75 Å². The molecule has 0 radical (unpaired) electrons. The van der Waals surface area contributed by atoms with Crippen molar-refractivity contribution in [1.82, 2.24) is 5.16 Å². The van der Waals surface area contributed by atoms with E-state index in [9.17, 15) is 4.79 Å². The molecule has 2 aromatic rings. The number of nitrogens with zero attached hydrogens (tertiary/aromatic N) is 1. The Balaban J connectivity index is 2.61. The van der Waals surface area contributed by atoms with E-state index in [1.807, 2.05) is 6.92 Å². The summed E-state index contributed by atoms with van der Waals surface area (Å²) >= 11 is 6.02. The summed E-state index contributed by atoms with van der Waals surface area (Å²) in [6, 6.07) is 3.31. The van der Waals surface area contributed by atoms with Gasteiger partial charge in [0.15, 0.2) is 5.76 Å². The average Bonchev–Trinajstić information content (AvgIpc) is 2.80. The maximum absolute atomic E-state index is 11.0. The highest BCUT2D eigenvalue weighted by atomic mass is 35.5. The van der Waals surface area contributed by atoms with Gasteiger partial charge in [0.05, 0.1) is 18.3 Å². The maximum atomic E-state index is 11.0. The predicted octanol–water partition coefficient (Wildman–Crippen LogP) is 3.01. The summed E-state index contributed by atoms with van der Waals surface area (Å²) in [4.78, 5) is 11.0. The van der Waals surface area contributed by atoms with Gasteiger partial charge in [-0.05, 0) is 24.6 Å². The molecular weight excluding hydrogens is 258 g/mol. The van der Waals surface area contributed by atoms with E-state index in [4.69, 9.17) is 26.0 Å². The predicted molar refractivity (Wildman–Crippen MR) is 65.2 cm³/mol. The minimum atomic E-state index is -1.10. The minimum absolute atomic E-state index is 0.000617. The molecule has 5 nitrogen and oxygen atoms in total. The number of carbonyl (C=O) groups is 1. The van der Waals surface area contributed by atoms with Gasteiger partial charge in [-0.2, -0.15) is 0 Å². The largest absolute Gasteiger partial charge is 0.495 e. The lowest BCUT2D eigenvalue weighted by atomic mass is 10.0. The monoisotopic (exact) mass is 267 g/mol. The zero-order chi connectivity index (χ0) is 13.3. The van der Waals surface area contributed by atoms with Gasteiger partial charge in [-0.1, -0.05) is 16.8 Å². The van der Waals surface area contributed by atoms with Gasteiger partial charge in [0.2, 0.25) is 0 Å². The van der Waals surface area contributed by atoms with Crippen molar-refractivity contribution in [3.05, 3.63) is 34.5 Å². The smallest absolute Gasteiger partial charge is 0.341 e. The van der Waals surface area contributed by atoms with E-state index < -0.39 is 5.97 Å². The van der Waals surface area contributed by atoms with Crippen molar-refractivity contribution in [1.29, 1.82) is 0 Å². The molecule has 0 saturated carbocycles. The van der Waals surface area contributed by atoms with Crippen molar-refractivity contribution in [3.8, 4) is 17.1 Å². The second-order valence-corrected chi connectivity index (χ2v) is 4.08. The molecule has 0 saturated heterocycles. The Kier molecular flexibility index (Phi) is 3.25. The lowest BCUT2D eigenvalue weighted by molar-refractivity contribution is 0.0697. The Labute approximate surface area is 108 Å². The Morgan fingerprint density at radius 3 is 2.83 bits per heavy atom. The van der Waals surface area contributed by atoms with Crippen LogP contribution in [-0.4, -0.2) is 23.3 Å². The first-order valence-electron chi connectivity index (χ1n) is 5.07. The number of aromatic carboxylic acids is 1. The van der Waals surface area contributed by atoms with Crippen LogP contribution in [0, 0.1) is 6.92 Å². The summed E-state index contributed by atoms with van der Waals surface area (Å²) < 4.78 is 10.1. The molecule has 1 heterocycles. The summed E-state index contributed by atoms with van der Waals surface area (Å²) in [5, 5.41) is 12.9. The fourth-order valence-electron chi connectivity index (χ4n) is 1.64. The number of ether oxygens (including phenoxy) is 1. The van der Waals surface area contributed by atoms with Crippen LogP contribution < -0.4 is 4.74 Å². The van der Waals surface area contributed by atoms with Crippen molar-refractivity contribution >= 4 is 17.6 Å². The molecule has 0 bridgehead atoms. The third-order valence-electron chi connectivity index (χ3n) is 2.54. The first kappa shape index (κ1) is 12.4. The van der Waals surface area contributed by atoms with Gasteiger partial charge in [0, 0.05) is 5.56 Å². The molecule has 6 heteroatoms. The van der Waals surface area contributed by atoms with Crippen molar-refractivity contribution in [3.63, 3.8) is 0 Å². The van der Waals surface area contributed by atoms with Crippen LogP contribution in [0.2, 0.25) is 5.02 Å². The van der Waals surface area contributed by atoms with Gasteiger partial charge in [-0.25, -0.2) is 4.79 Å². The molecule has 0 aliphatic carbocycles. The molecule has 0 unspecified atom stereocenters. The SMILES string of the molecule is COc1cc(C)c(-c2oncc2C(=O)O)cc1Cl. The lowest BCUT2D eigenvalue weighted by Crippen LogP contribution is -1.97. The first-order chi connectivity index (χ1) is 8.54. The number of rotatable bonds is 3. The lowest BCUT2D eigenvalue weighted by Gasteiger charge is -2.08. The van der Waals surface area contributed by atoms with E-state index in [0.29, 0.717) is 16.3 Å². The second-order valence-electron chi connectivity index (χ2n) is 3.68. The summed E-state index contributed by atoms with van der Waals surface area (Å²) in [7, 11) is 1.51. The Hall–Kier alpha value is -2.01. The zero-order valence-corrected chi connectivity index (χ0v) is 10.5. The van der Waals surface area contributed by atoms with Crippen LogP contribution in [0.15, 0.2) is 22.9 Å². The normalized spacial score (nSPS) is 10.4. The number of aromatic nitrogens is 1. The summed E-state index contributed by atoms with van der Waals surface area (Å²) in [5.74, 6) is -0.392. The van der Waals surface area contributed by atoms with E-state index in [-0.39, 0.29) is 11.3 Å². The third kappa shape index (κ3) is 2.04. The van der Waals surface area contributed by atoms with Gasteiger partial charge < -0.3 is 14.4 Å². The molecule has 1 aromatic carbocycles. The Bertz CT molecular complexity index is 606. The summed E-state index contributed by atoms with van der Waals surface area (Å²) in [6.07, 6.45) is 1.16. The van der Waals surface area contributed by atoms with Gasteiger partial charge in [-0.15, -0.1) is 0 Å². The molecule has 0 amide bonds. The second kappa shape index (κ2) is 4.70. The van der Waals surface area contributed by atoms with E-state index in [0.717, 1.165) is 11.8 Å². The maximum Gasteiger partial charge on any atom is 0.341 e. The van der Waals surface area contributed by atoms with Gasteiger partial charge in [0.1, 0.15) is 11.3 Å². The van der Waals surface area contributed by atoms with E-state index in [1.54, 1.807) is 12.1 Å². The van der Waals surface area contributed by atoms with E-state index in [1.165, 1.54) is 7.11 Å². The molecule has 0 spiro atoms. The topological polar surface area (TPSA) is 72.6 Å². The van der Waals surface area contributed by atoms with Gasteiger partial charge >= 0.3 is 5.97 Å². The third-order valence-corrected chi connectivity index (χ3v) is 2.84. The molecule has 2 rings (SSSR count). The molecular formula is C12H10ClNO4. The Morgan fingerprint density at radius 2 is 2.22 bits per heavy atom. The van der Waals surface area contributed by atoms with Crippen molar-refractivity contribution in [2.24, 2.45) is 0 Å². The van der Waals surface area contributed by atoms with Gasteiger partial charge in [0.25, 0.3) is 0 Å². The molecule has 0 fully saturated rings. The number of halogens is 1. The number of methoxy groups -OCH3 is 1. The van der Waals surface area contributed by atoms with E-state index >= 15 is 0 Å². The highest BCUT2D eigenvalue weighted by molar-refractivity contribution is 6.32. The highest BCUT2D eigenvalue weighted by Crippen LogP contribution is 2.34. The summed E-state index contributed by atoms with van der Waals surface area (Å²) in [5.41, 5.74) is 1.37. The summed E-state index contributed by atoms with van der Waals surface area (Å²) in [6.45, 7) is 1.81.